The van der Waals surface area contributed by atoms with Crippen LogP contribution in [0.4, 0.5) is 0 Å². The number of thioether (sulfide) groups is 2. The zero-order valence-corrected chi connectivity index (χ0v) is 16.6. The smallest absolute Gasteiger partial charge is 0.0951 e. The highest BCUT2D eigenvalue weighted by Gasteiger charge is 2.50. The van der Waals surface area contributed by atoms with E-state index >= 15 is 0 Å². The van der Waals surface area contributed by atoms with E-state index in [4.69, 9.17) is 4.99 Å². The standard InChI is InChI=1S/C22H25NS2/c1-4-15-22(24-17-19-13-9-6-10-14-19)21(2,3)23-20(25-22)16-18-11-7-5-8-12-18/h4-14H,1,15-17H2,2-3H3. The normalized spacial score (nSPS) is 21.8. The second-order valence-electron chi connectivity index (χ2n) is 6.85. The first kappa shape index (κ1) is 18.3. The van der Waals surface area contributed by atoms with Crippen LogP contribution in [-0.2, 0) is 12.2 Å². The van der Waals surface area contributed by atoms with Crippen LogP contribution in [0.25, 0.3) is 0 Å². The fourth-order valence-electron chi connectivity index (χ4n) is 3.10. The summed E-state index contributed by atoms with van der Waals surface area (Å²) in [7, 11) is 0. The van der Waals surface area contributed by atoms with Crippen molar-refractivity contribution in [2.75, 3.05) is 0 Å². The molecule has 0 radical (unpaired) electrons. The van der Waals surface area contributed by atoms with Gasteiger partial charge in [0, 0.05) is 12.2 Å². The third-order valence-electron chi connectivity index (χ3n) is 4.55. The maximum absolute atomic E-state index is 5.11. The first-order chi connectivity index (χ1) is 12.0. The summed E-state index contributed by atoms with van der Waals surface area (Å²) in [5.74, 6) is 0.999. The highest BCUT2D eigenvalue weighted by atomic mass is 32.2. The molecule has 1 aliphatic rings. The van der Waals surface area contributed by atoms with Crippen molar-refractivity contribution < 1.29 is 0 Å². The Bertz CT molecular complexity index is 737. The van der Waals surface area contributed by atoms with Crippen molar-refractivity contribution in [2.24, 2.45) is 4.99 Å². The van der Waals surface area contributed by atoms with Crippen molar-refractivity contribution in [3.8, 4) is 0 Å². The molecule has 0 saturated carbocycles. The van der Waals surface area contributed by atoms with Crippen LogP contribution in [0.15, 0.2) is 78.3 Å². The fraction of sp³-hybridized carbons (Fsp3) is 0.318. The van der Waals surface area contributed by atoms with Crippen molar-refractivity contribution in [2.45, 2.75) is 42.1 Å². The molecule has 1 unspecified atom stereocenters. The van der Waals surface area contributed by atoms with Crippen molar-refractivity contribution >= 4 is 28.6 Å². The summed E-state index contributed by atoms with van der Waals surface area (Å²) in [6.45, 7) is 8.55. The Morgan fingerprint density at radius 1 is 1.00 bits per heavy atom. The van der Waals surface area contributed by atoms with Crippen LogP contribution >= 0.6 is 23.5 Å². The fourth-order valence-corrected chi connectivity index (χ4v) is 6.42. The number of benzene rings is 2. The number of nitrogens with zero attached hydrogens (tertiary/aromatic N) is 1. The molecule has 0 aliphatic carbocycles. The molecule has 0 amide bonds. The topological polar surface area (TPSA) is 12.4 Å². The number of hydrogen-bond acceptors (Lipinski definition) is 3. The molecule has 1 aliphatic heterocycles. The van der Waals surface area contributed by atoms with Crippen LogP contribution in [0.3, 0.4) is 0 Å². The quantitative estimate of drug-likeness (QED) is 0.528. The van der Waals surface area contributed by atoms with Gasteiger partial charge in [0.1, 0.15) is 0 Å². The Morgan fingerprint density at radius 3 is 2.20 bits per heavy atom. The van der Waals surface area contributed by atoms with Gasteiger partial charge in [-0.15, -0.1) is 18.3 Å². The average molecular weight is 368 g/mol. The Hall–Kier alpha value is -1.45. The van der Waals surface area contributed by atoms with E-state index in [2.05, 4.69) is 81.1 Å². The first-order valence-corrected chi connectivity index (χ1v) is 10.5. The lowest BCUT2D eigenvalue weighted by Gasteiger charge is -2.37. The highest BCUT2D eigenvalue weighted by Crippen LogP contribution is 2.56. The summed E-state index contributed by atoms with van der Waals surface area (Å²) in [6.07, 6.45) is 3.91. The van der Waals surface area contributed by atoms with Gasteiger partial charge in [0.25, 0.3) is 0 Å². The minimum Gasteiger partial charge on any atom is -0.274 e. The number of aliphatic imine (C=N–C) groups is 1. The van der Waals surface area contributed by atoms with Gasteiger partial charge in [0.15, 0.2) is 0 Å². The molecule has 2 aromatic rings. The number of rotatable bonds is 7. The molecule has 0 saturated heterocycles. The highest BCUT2D eigenvalue weighted by molar-refractivity contribution is 8.26. The predicted molar refractivity (Wildman–Crippen MR) is 115 cm³/mol. The van der Waals surface area contributed by atoms with Crippen molar-refractivity contribution in [1.29, 1.82) is 0 Å². The average Bonchev–Trinajstić information content (AvgIpc) is 2.85. The van der Waals surface area contributed by atoms with Crippen molar-refractivity contribution in [1.82, 2.24) is 0 Å². The monoisotopic (exact) mass is 367 g/mol. The Balaban J connectivity index is 1.78. The van der Waals surface area contributed by atoms with E-state index in [0.717, 1.165) is 18.6 Å². The van der Waals surface area contributed by atoms with Gasteiger partial charge in [-0.2, -0.15) is 0 Å². The molecule has 2 aromatic carbocycles. The van der Waals surface area contributed by atoms with Crippen molar-refractivity contribution in [3.05, 3.63) is 84.4 Å². The van der Waals surface area contributed by atoms with E-state index in [1.54, 1.807) is 0 Å². The van der Waals surface area contributed by atoms with Crippen LogP contribution in [0.2, 0.25) is 0 Å². The van der Waals surface area contributed by atoms with E-state index in [1.165, 1.54) is 16.2 Å². The zero-order valence-electron chi connectivity index (χ0n) is 14.9. The molecule has 3 heteroatoms. The van der Waals surface area contributed by atoms with Crippen LogP contribution in [0.5, 0.6) is 0 Å². The molecule has 25 heavy (non-hydrogen) atoms. The van der Waals surface area contributed by atoms with Gasteiger partial charge in [-0.05, 0) is 31.4 Å². The van der Waals surface area contributed by atoms with E-state index in [1.807, 2.05) is 29.6 Å². The molecular weight excluding hydrogens is 342 g/mol. The Labute approximate surface area is 160 Å². The molecule has 0 fully saturated rings. The summed E-state index contributed by atoms with van der Waals surface area (Å²) in [5.41, 5.74) is 2.57. The predicted octanol–water partition coefficient (Wildman–Crippen LogP) is 6.36. The molecule has 1 nitrogen and oxygen atoms in total. The lowest BCUT2D eigenvalue weighted by molar-refractivity contribution is 0.479. The van der Waals surface area contributed by atoms with Crippen LogP contribution in [0.1, 0.15) is 31.4 Å². The van der Waals surface area contributed by atoms with Gasteiger partial charge in [-0.25, -0.2) is 0 Å². The van der Waals surface area contributed by atoms with E-state index in [9.17, 15) is 0 Å². The second-order valence-corrected chi connectivity index (χ2v) is 9.75. The van der Waals surface area contributed by atoms with Gasteiger partial charge in [0.05, 0.1) is 14.7 Å². The molecule has 3 rings (SSSR count). The Kier molecular flexibility index (Phi) is 5.75. The van der Waals surface area contributed by atoms with E-state index in [-0.39, 0.29) is 9.62 Å². The van der Waals surface area contributed by atoms with Crippen molar-refractivity contribution in [3.63, 3.8) is 0 Å². The second kappa shape index (κ2) is 7.84. The largest absolute Gasteiger partial charge is 0.274 e. The first-order valence-electron chi connectivity index (χ1n) is 8.65. The lowest BCUT2D eigenvalue weighted by atomic mass is 9.98. The molecule has 0 N–H and O–H groups in total. The molecule has 0 spiro atoms. The minimum absolute atomic E-state index is 0.00864. The summed E-state index contributed by atoms with van der Waals surface area (Å²) >= 11 is 3.95. The molecule has 0 bridgehead atoms. The maximum Gasteiger partial charge on any atom is 0.0951 e. The summed E-state index contributed by atoms with van der Waals surface area (Å²) in [4.78, 5) is 5.11. The van der Waals surface area contributed by atoms with Crippen LogP contribution < -0.4 is 0 Å². The molecule has 1 atom stereocenters. The van der Waals surface area contributed by atoms with Crippen LogP contribution in [-0.4, -0.2) is 14.7 Å². The molecular formula is C22H25NS2. The number of hydrogen-bond donors (Lipinski definition) is 0. The van der Waals surface area contributed by atoms with Crippen LogP contribution in [0, 0.1) is 0 Å². The molecule has 130 valence electrons. The van der Waals surface area contributed by atoms with Gasteiger partial charge >= 0.3 is 0 Å². The summed E-state index contributed by atoms with van der Waals surface area (Å²) in [5, 5.41) is 1.23. The zero-order chi connectivity index (χ0) is 17.8. The van der Waals surface area contributed by atoms with Gasteiger partial charge in [-0.3, -0.25) is 4.99 Å². The third kappa shape index (κ3) is 4.21. The minimum atomic E-state index is -0.116. The van der Waals surface area contributed by atoms with Gasteiger partial charge < -0.3 is 0 Å². The van der Waals surface area contributed by atoms with Gasteiger partial charge in [0.2, 0.25) is 0 Å². The van der Waals surface area contributed by atoms with E-state index in [0.29, 0.717) is 0 Å². The van der Waals surface area contributed by atoms with E-state index < -0.39 is 0 Å². The number of allylic oxidation sites excluding steroid dienone is 1. The lowest BCUT2D eigenvalue weighted by Crippen LogP contribution is -2.39. The molecule has 1 heterocycles. The summed E-state index contributed by atoms with van der Waals surface area (Å²) in [6, 6.07) is 21.3. The Morgan fingerprint density at radius 2 is 1.60 bits per heavy atom. The third-order valence-corrected chi connectivity index (χ3v) is 8.23. The van der Waals surface area contributed by atoms with Gasteiger partial charge in [-0.1, -0.05) is 78.5 Å². The molecule has 0 aromatic heterocycles. The SMILES string of the molecule is C=CCC1(SCc2ccccc2)SC(Cc2ccccc2)=NC1(C)C. The maximum atomic E-state index is 5.11. The summed E-state index contributed by atoms with van der Waals surface area (Å²) < 4.78 is 0.00864.